The Labute approximate surface area is 73.2 Å². The van der Waals surface area contributed by atoms with E-state index >= 15 is 0 Å². The molecule has 0 saturated carbocycles. The van der Waals surface area contributed by atoms with Crippen LogP contribution in [0.3, 0.4) is 0 Å². The molecular formula is C9H7NOS. The van der Waals surface area contributed by atoms with E-state index < -0.39 is 0 Å². The number of phenolic OH excluding ortho intramolecular Hbond substituents is 1. The van der Waals surface area contributed by atoms with E-state index in [4.69, 9.17) is 5.41 Å². The van der Waals surface area contributed by atoms with Crippen molar-refractivity contribution in [2.24, 2.45) is 0 Å². The van der Waals surface area contributed by atoms with Crippen molar-refractivity contribution in [3.05, 3.63) is 35.0 Å². The molecule has 0 atom stereocenters. The molecule has 0 aliphatic carbocycles. The van der Waals surface area contributed by atoms with Crippen LogP contribution in [-0.2, 0) is 0 Å². The lowest BCUT2D eigenvalue weighted by molar-refractivity contribution is 0.482. The minimum absolute atomic E-state index is 0.281. The van der Waals surface area contributed by atoms with Crippen LogP contribution < -0.4 is 4.67 Å². The summed E-state index contributed by atoms with van der Waals surface area (Å²) < 4.78 is 1.45. The Hall–Kier alpha value is -1.35. The summed E-state index contributed by atoms with van der Waals surface area (Å²) >= 11 is 1.36. The van der Waals surface area contributed by atoms with Crippen LogP contribution in [0.15, 0.2) is 30.3 Å². The average molecular weight is 177 g/mol. The highest BCUT2D eigenvalue weighted by Gasteiger charge is 1.97. The molecular weight excluding hydrogens is 170 g/mol. The van der Waals surface area contributed by atoms with Gasteiger partial charge >= 0.3 is 0 Å². The van der Waals surface area contributed by atoms with Crippen molar-refractivity contribution >= 4 is 21.4 Å². The highest BCUT2D eigenvalue weighted by molar-refractivity contribution is 7.16. The zero-order valence-electron chi connectivity index (χ0n) is 6.24. The summed E-state index contributed by atoms with van der Waals surface area (Å²) in [6, 6.07) is 8.79. The van der Waals surface area contributed by atoms with E-state index in [-0.39, 0.29) is 5.75 Å². The normalized spacial score (nSPS) is 10.3. The van der Waals surface area contributed by atoms with Crippen molar-refractivity contribution in [1.82, 2.24) is 0 Å². The van der Waals surface area contributed by atoms with Crippen molar-refractivity contribution in [2.75, 3.05) is 0 Å². The van der Waals surface area contributed by atoms with Crippen LogP contribution in [0.4, 0.5) is 0 Å². The van der Waals surface area contributed by atoms with Crippen LogP contribution >= 0.6 is 11.3 Å². The van der Waals surface area contributed by atoms with E-state index in [0.717, 1.165) is 10.1 Å². The number of fused-ring (bicyclic) bond motifs is 1. The first-order valence-corrected chi connectivity index (χ1v) is 4.35. The fraction of sp³-hybridized carbons (Fsp3) is 0. The molecule has 1 heterocycles. The van der Waals surface area contributed by atoms with Crippen LogP contribution in [0.5, 0.6) is 5.75 Å². The summed E-state index contributed by atoms with van der Waals surface area (Å²) in [6.45, 7) is 0. The Bertz CT molecular complexity index is 475. The predicted octanol–water partition coefficient (Wildman–Crippen LogP) is 2.09. The number of nitrogens with one attached hydrogen (secondary N) is 1. The average Bonchev–Trinajstić information content (AvgIpc) is 2.04. The van der Waals surface area contributed by atoms with Crippen LogP contribution in [0.2, 0.25) is 0 Å². The molecule has 0 bridgehead atoms. The van der Waals surface area contributed by atoms with E-state index in [0.29, 0.717) is 4.67 Å². The third kappa shape index (κ3) is 1.08. The van der Waals surface area contributed by atoms with Crippen molar-refractivity contribution in [3.63, 3.8) is 0 Å². The van der Waals surface area contributed by atoms with Crippen molar-refractivity contribution < 1.29 is 5.11 Å². The molecule has 3 heteroatoms. The van der Waals surface area contributed by atoms with Crippen LogP contribution in [0, 0.1) is 5.41 Å². The SMILES string of the molecule is N=c1ccc2c(O)cccc2s1. The summed E-state index contributed by atoms with van der Waals surface area (Å²) in [5.74, 6) is 0.281. The molecule has 0 saturated heterocycles. The zero-order chi connectivity index (χ0) is 8.55. The predicted molar refractivity (Wildman–Crippen MR) is 49.3 cm³/mol. The summed E-state index contributed by atoms with van der Waals surface area (Å²) in [5.41, 5.74) is 0. The van der Waals surface area contributed by atoms with Gasteiger partial charge in [0.05, 0.1) is 0 Å². The van der Waals surface area contributed by atoms with Gasteiger partial charge in [-0.15, -0.1) is 11.3 Å². The molecule has 0 aliphatic rings. The number of rotatable bonds is 0. The summed E-state index contributed by atoms with van der Waals surface area (Å²) in [4.78, 5) is 0. The third-order valence-corrected chi connectivity index (χ3v) is 2.60. The topological polar surface area (TPSA) is 44.1 Å². The van der Waals surface area contributed by atoms with Crippen molar-refractivity contribution in [1.29, 1.82) is 5.41 Å². The highest BCUT2D eigenvalue weighted by Crippen LogP contribution is 2.24. The van der Waals surface area contributed by atoms with Crippen molar-refractivity contribution in [3.8, 4) is 5.75 Å². The second kappa shape index (κ2) is 2.60. The number of hydrogen-bond acceptors (Lipinski definition) is 3. The monoisotopic (exact) mass is 177 g/mol. The molecule has 12 heavy (non-hydrogen) atoms. The molecule has 2 N–H and O–H groups in total. The summed E-state index contributed by atoms with van der Waals surface area (Å²) in [5, 5.41) is 17.6. The molecule has 2 aromatic rings. The largest absolute Gasteiger partial charge is 0.507 e. The fourth-order valence-electron chi connectivity index (χ4n) is 1.10. The molecule has 0 fully saturated rings. The molecule has 0 aliphatic heterocycles. The van der Waals surface area contributed by atoms with Gasteiger partial charge in [0.2, 0.25) is 0 Å². The van der Waals surface area contributed by atoms with Crippen LogP contribution in [0.1, 0.15) is 0 Å². The van der Waals surface area contributed by atoms with Gasteiger partial charge in [-0.1, -0.05) is 6.07 Å². The Balaban J connectivity index is 2.96. The van der Waals surface area contributed by atoms with Crippen LogP contribution in [0.25, 0.3) is 10.1 Å². The van der Waals surface area contributed by atoms with Gasteiger partial charge in [0.1, 0.15) is 10.4 Å². The van der Waals surface area contributed by atoms with E-state index in [1.807, 2.05) is 6.07 Å². The molecule has 2 nitrogen and oxygen atoms in total. The number of benzene rings is 1. The van der Waals surface area contributed by atoms with E-state index in [1.165, 1.54) is 11.3 Å². The van der Waals surface area contributed by atoms with Gasteiger partial charge in [-0.05, 0) is 24.3 Å². The van der Waals surface area contributed by atoms with Gasteiger partial charge in [0.15, 0.2) is 0 Å². The van der Waals surface area contributed by atoms with Gasteiger partial charge in [-0.2, -0.15) is 0 Å². The third-order valence-electron chi connectivity index (χ3n) is 1.66. The maximum atomic E-state index is 9.41. The highest BCUT2D eigenvalue weighted by atomic mass is 32.1. The van der Waals surface area contributed by atoms with Gasteiger partial charge in [0, 0.05) is 10.1 Å². The smallest absolute Gasteiger partial charge is 0.124 e. The number of aromatic hydroxyl groups is 1. The Kier molecular flexibility index (Phi) is 1.59. The lowest BCUT2D eigenvalue weighted by Crippen LogP contribution is -1.89. The fourth-order valence-corrected chi connectivity index (χ4v) is 1.90. The number of phenols is 1. The van der Waals surface area contributed by atoms with Crippen molar-refractivity contribution in [2.45, 2.75) is 0 Å². The minimum Gasteiger partial charge on any atom is -0.507 e. The summed E-state index contributed by atoms with van der Waals surface area (Å²) in [7, 11) is 0. The summed E-state index contributed by atoms with van der Waals surface area (Å²) in [6.07, 6.45) is 0. The standard InChI is InChI=1S/C9H7NOS/c10-9-5-4-6-7(11)2-1-3-8(6)12-9/h1-5,10-11H. The second-order valence-electron chi connectivity index (χ2n) is 2.49. The first-order chi connectivity index (χ1) is 5.77. The van der Waals surface area contributed by atoms with E-state index in [1.54, 1.807) is 24.3 Å². The van der Waals surface area contributed by atoms with E-state index in [9.17, 15) is 5.11 Å². The van der Waals surface area contributed by atoms with Gasteiger partial charge in [-0.3, -0.25) is 5.41 Å². The van der Waals surface area contributed by atoms with Crippen LogP contribution in [-0.4, -0.2) is 5.11 Å². The maximum absolute atomic E-state index is 9.41. The van der Waals surface area contributed by atoms with Gasteiger partial charge < -0.3 is 5.11 Å². The molecule has 1 aromatic carbocycles. The Morgan fingerprint density at radius 2 is 2.00 bits per heavy atom. The first-order valence-electron chi connectivity index (χ1n) is 3.54. The van der Waals surface area contributed by atoms with Gasteiger partial charge in [-0.25, -0.2) is 0 Å². The zero-order valence-corrected chi connectivity index (χ0v) is 7.06. The molecule has 60 valence electrons. The molecule has 0 spiro atoms. The number of hydrogen-bond donors (Lipinski definition) is 2. The van der Waals surface area contributed by atoms with E-state index in [2.05, 4.69) is 0 Å². The second-order valence-corrected chi connectivity index (χ2v) is 3.57. The Morgan fingerprint density at radius 3 is 2.83 bits per heavy atom. The lowest BCUT2D eigenvalue weighted by Gasteiger charge is -1.97. The molecule has 0 radical (unpaired) electrons. The molecule has 1 aromatic heterocycles. The Morgan fingerprint density at radius 1 is 1.17 bits per heavy atom. The molecule has 2 rings (SSSR count). The maximum Gasteiger partial charge on any atom is 0.124 e. The van der Waals surface area contributed by atoms with Gasteiger partial charge in [0.25, 0.3) is 0 Å². The first kappa shape index (κ1) is 7.31. The molecule has 0 amide bonds. The minimum atomic E-state index is 0.281. The molecule has 0 unspecified atom stereocenters. The lowest BCUT2D eigenvalue weighted by atomic mass is 10.2. The quantitative estimate of drug-likeness (QED) is 0.635.